The van der Waals surface area contributed by atoms with Crippen molar-refractivity contribution in [3.63, 3.8) is 0 Å². The minimum absolute atomic E-state index is 0.0662. The Morgan fingerprint density at radius 1 is 0.276 bits per heavy atom. The van der Waals surface area contributed by atoms with Gasteiger partial charge in [-0.25, -0.2) is 0 Å². The summed E-state index contributed by atoms with van der Waals surface area (Å²) in [6.45, 7) is 6.59. The molecule has 0 amide bonds. The van der Waals surface area contributed by atoms with E-state index in [1.165, 1.54) is 238 Å². The highest BCUT2D eigenvalue weighted by Gasteiger charge is 2.19. The first-order chi connectivity index (χ1) is 37.5. The highest BCUT2D eigenvalue weighted by molar-refractivity contribution is 5.71. The van der Waals surface area contributed by atoms with Gasteiger partial charge in [-0.15, -0.1) is 0 Å². The van der Waals surface area contributed by atoms with Gasteiger partial charge < -0.3 is 14.2 Å². The van der Waals surface area contributed by atoms with Gasteiger partial charge >= 0.3 is 17.9 Å². The maximum absolute atomic E-state index is 12.9. The SMILES string of the molecule is CC/C=C\C/C=C\C/C=C\C/C=C\CCCCCCCCCCCCCCCCC(=O)OCC(COC(=O)CCCCCCCCCCCCCCCC)OC(=O)CCCCCCCCCCCCCCCCCCC. The Hall–Kier alpha value is -2.63. The van der Waals surface area contributed by atoms with Crippen molar-refractivity contribution in [3.05, 3.63) is 48.6 Å². The van der Waals surface area contributed by atoms with Gasteiger partial charge in [0.25, 0.3) is 0 Å². The molecule has 0 aromatic carbocycles. The van der Waals surface area contributed by atoms with E-state index in [1.807, 2.05) is 0 Å². The number of carbonyl (C=O) groups excluding carboxylic acids is 3. The summed E-state index contributed by atoms with van der Waals surface area (Å²) in [4.78, 5) is 38.4. The third kappa shape index (κ3) is 62.2. The average Bonchev–Trinajstić information content (AvgIpc) is 3.42. The van der Waals surface area contributed by atoms with Crippen molar-refractivity contribution in [1.82, 2.24) is 0 Å². The molecule has 0 heterocycles. The minimum Gasteiger partial charge on any atom is -0.462 e. The largest absolute Gasteiger partial charge is 0.462 e. The minimum atomic E-state index is -0.769. The summed E-state index contributed by atoms with van der Waals surface area (Å²) in [6.07, 6.45) is 81.2. The van der Waals surface area contributed by atoms with Crippen LogP contribution in [0.1, 0.15) is 361 Å². The van der Waals surface area contributed by atoms with E-state index < -0.39 is 6.10 Å². The monoisotopic (exact) mass is 1060 g/mol. The van der Waals surface area contributed by atoms with E-state index in [4.69, 9.17) is 14.2 Å². The predicted octanol–water partition coefficient (Wildman–Crippen LogP) is 22.9. The molecule has 0 aromatic heterocycles. The topological polar surface area (TPSA) is 78.9 Å². The Labute approximate surface area is 473 Å². The smallest absolute Gasteiger partial charge is 0.306 e. The number of hydrogen-bond acceptors (Lipinski definition) is 6. The molecule has 0 spiro atoms. The first-order valence-electron chi connectivity index (χ1n) is 33.6. The van der Waals surface area contributed by atoms with Crippen LogP contribution in [-0.2, 0) is 28.6 Å². The zero-order valence-electron chi connectivity index (χ0n) is 51.0. The second-order valence-corrected chi connectivity index (χ2v) is 22.7. The summed E-state index contributed by atoms with van der Waals surface area (Å²) < 4.78 is 17.0. The third-order valence-corrected chi connectivity index (χ3v) is 15.1. The molecule has 0 saturated carbocycles. The normalized spacial score (nSPS) is 12.3. The van der Waals surface area contributed by atoms with Crippen molar-refractivity contribution in [3.8, 4) is 0 Å². The number of hydrogen-bond donors (Lipinski definition) is 0. The zero-order chi connectivity index (χ0) is 55.0. The standard InChI is InChI=1S/C70H128O6/c1-4-7-10-13-16-19-22-25-28-30-31-32-33-34-35-36-37-38-39-41-42-45-48-51-54-57-60-63-69(72)75-66-67(65-74-68(71)62-59-56-53-50-47-44-27-24-21-18-15-12-9-6-3)76-70(73)64-61-58-55-52-49-46-43-40-29-26-23-20-17-14-11-8-5-2/h7,10,16,19,25,28,31-32,67H,4-6,8-9,11-15,17-18,20-24,26-27,29-30,33-66H2,1-3H3/b10-7-,19-16-,28-25-,32-31-. The number of esters is 3. The lowest BCUT2D eigenvalue weighted by Gasteiger charge is -2.18. The van der Waals surface area contributed by atoms with Crippen LogP contribution in [0.15, 0.2) is 48.6 Å². The van der Waals surface area contributed by atoms with E-state index in [1.54, 1.807) is 0 Å². The van der Waals surface area contributed by atoms with Gasteiger partial charge in [0.05, 0.1) is 0 Å². The molecule has 6 heteroatoms. The van der Waals surface area contributed by atoms with Gasteiger partial charge in [-0.05, 0) is 57.8 Å². The van der Waals surface area contributed by atoms with Crippen LogP contribution in [0.5, 0.6) is 0 Å². The molecule has 444 valence electrons. The van der Waals surface area contributed by atoms with E-state index in [-0.39, 0.29) is 31.1 Å². The predicted molar refractivity (Wildman–Crippen MR) is 330 cm³/mol. The van der Waals surface area contributed by atoms with E-state index in [0.29, 0.717) is 19.3 Å². The summed E-state index contributed by atoms with van der Waals surface area (Å²) in [5.41, 5.74) is 0. The molecule has 0 aliphatic heterocycles. The highest BCUT2D eigenvalue weighted by Crippen LogP contribution is 2.18. The van der Waals surface area contributed by atoms with Crippen molar-refractivity contribution in [1.29, 1.82) is 0 Å². The summed E-state index contributed by atoms with van der Waals surface area (Å²) in [7, 11) is 0. The molecular weight excluding hydrogens is 937 g/mol. The van der Waals surface area contributed by atoms with E-state index in [2.05, 4.69) is 69.4 Å². The van der Waals surface area contributed by atoms with Gasteiger partial charge in [0.2, 0.25) is 0 Å². The Morgan fingerprint density at radius 3 is 0.803 bits per heavy atom. The van der Waals surface area contributed by atoms with Crippen molar-refractivity contribution in [2.24, 2.45) is 0 Å². The molecular formula is C70H128O6. The lowest BCUT2D eigenvalue weighted by atomic mass is 10.0. The third-order valence-electron chi connectivity index (χ3n) is 15.1. The fourth-order valence-electron chi connectivity index (χ4n) is 10.1. The molecule has 0 aliphatic carbocycles. The van der Waals surface area contributed by atoms with Gasteiger partial charge in [0.15, 0.2) is 6.10 Å². The second kappa shape index (κ2) is 64.9. The van der Waals surface area contributed by atoms with E-state index in [0.717, 1.165) is 83.5 Å². The van der Waals surface area contributed by atoms with Gasteiger partial charge in [0, 0.05) is 19.3 Å². The van der Waals surface area contributed by atoms with Crippen LogP contribution in [0, 0.1) is 0 Å². The number of ether oxygens (including phenoxy) is 3. The average molecular weight is 1070 g/mol. The zero-order valence-corrected chi connectivity index (χ0v) is 51.0. The lowest BCUT2D eigenvalue weighted by molar-refractivity contribution is -0.167. The molecule has 6 nitrogen and oxygen atoms in total. The van der Waals surface area contributed by atoms with Crippen molar-refractivity contribution < 1.29 is 28.6 Å². The quantitative estimate of drug-likeness (QED) is 0.0261. The van der Waals surface area contributed by atoms with E-state index >= 15 is 0 Å². The molecule has 1 unspecified atom stereocenters. The summed E-state index contributed by atoms with van der Waals surface area (Å²) in [5.74, 6) is -0.839. The Bertz CT molecular complexity index is 1310. The summed E-state index contributed by atoms with van der Waals surface area (Å²) >= 11 is 0. The highest BCUT2D eigenvalue weighted by atomic mass is 16.6. The lowest BCUT2D eigenvalue weighted by Crippen LogP contribution is -2.30. The molecule has 0 fully saturated rings. The van der Waals surface area contributed by atoms with Crippen LogP contribution in [0.25, 0.3) is 0 Å². The summed E-state index contributed by atoms with van der Waals surface area (Å²) in [6, 6.07) is 0. The molecule has 0 radical (unpaired) electrons. The summed E-state index contributed by atoms with van der Waals surface area (Å²) in [5, 5.41) is 0. The number of unbranched alkanes of at least 4 members (excludes halogenated alkanes) is 43. The van der Waals surface area contributed by atoms with Gasteiger partial charge in [-0.1, -0.05) is 333 Å². The van der Waals surface area contributed by atoms with Crippen LogP contribution in [0.2, 0.25) is 0 Å². The van der Waals surface area contributed by atoms with Gasteiger partial charge in [0.1, 0.15) is 13.2 Å². The van der Waals surface area contributed by atoms with Crippen LogP contribution >= 0.6 is 0 Å². The number of carbonyl (C=O) groups is 3. The molecule has 0 aromatic rings. The number of allylic oxidation sites excluding steroid dienone is 8. The van der Waals surface area contributed by atoms with Crippen LogP contribution in [0.4, 0.5) is 0 Å². The fraction of sp³-hybridized carbons (Fsp3) is 0.843. The van der Waals surface area contributed by atoms with Crippen LogP contribution < -0.4 is 0 Å². The maximum atomic E-state index is 12.9. The Balaban J connectivity index is 4.23. The van der Waals surface area contributed by atoms with Crippen LogP contribution in [0.3, 0.4) is 0 Å². The molecule has 0 aliphatic rings. The van der Waals surface area contributed by atoms with Crippen molar-refractivity contribution >= 4 is 17.9 Å². The second-order valence-electron chi connectivity index (χ2n) is 22.7. The molecule has 1 atom stereocenters. The molecule has 0 N–H and O–H groups in total. The van der Waals surface area contributed by atoms with Crippen molar-refractivity contribution in [2.75, 3.05) is 13.2 Å². The molecule has 0 saturated heterocycles. The molecule has 76 heavy (non-hydrogen) atoms. The molecule has 0 rings (SSSR count). The van der Waals surface area contributed by atoms with Gasteiger partial charge in [-0.2, -0.15) is 0 Å². The van der Waals surface area contributed by atoms with Crippen molar-refractivity contribution in [2.45, 2.75) is 367 Å². The Morgan fingerprint density at radius 2 is 0.513 bits per heavy atom. The maximum Gasteiger partial charge on any atom is 0.306 e. The fourth-order valence-corrected chi connectivity index (χ4v) is 10.1. The van der Waals surface area contributed by atoms with Crippen LogP contribution in [-0.4, -0.2) is 37.2 Å². The van der Waals surface area contributed by atoms with E-state index in [9.17, 15) is 14.4 Å². The molecule has 0 bridgehead atoms. The number of rotatable bonds is 62. The first-order valence-corrected chi connectivity index (χ1v) is 33.6. The Kier molecular flexibility index (Phi) is 62.6. The van der Waals surface area contributed by atoms with Gasteiger partial charge in [-0.3, -0.25) is 14.4 Å². The first kappa shape index (κ1) is 73.4.